The average molecular weight is 298 g/mol. The minimum Gasteiger partial charge on any atom is -0.349 e. The molecule has 2 aromatic rings. The first-order valence-corrected chi connectivity index (χ1v) is 8.05. The number of benzene rings is 1. The molecule has 1 atom stereocenters. The van der Waals surface area contributed by atoms with Crippen molar-refractivity contribution in [3.05, 3.63) is 57.6 Å². The van der Waals surface area contributed by atoms with Crippen molar-refractivity contribution in [3.63, 3.8) is 0 Å². The fraction of sp³-hybridized carbons (Fsp3) is 0.294. The average Bonchev–Trinajstić information content (AvgIpc) is 2.98. The lowest BCUT2D eigenvalue weighted by atomic mass is 10.1. The van der Waals surface area contributed by atoms with Crippen LogP contribution in [0.25, 0.3) is 5.57 Å². The number of hydrogen-bond acceptors (Lipinski definition) is 3. The molecule has 3 rings (SSSR count). The van der Waals surface area contributed by atoms with Crippen molar-refractivity contribution in [2.75, 3.05) is 0 Å². The molecule has 0 bridgehead atoms. The molecular formula is C17H18N2OS. The summed E-state index contributed by atoms with van der Waals surface area (Å²) in [5.74, 6) is 0.0256. The summed E-state index contributed by atoms with van der Waals surface area (Å²) in [6, 6.07) is 10.1. The molecule has 0 saturated carbocycles. The molecule has 1 amide bonds. The number of rotatable bonds is 5. The third-order valence-corrected chi connectivity index (χ3v) is 4.68. The molecule has 4 heteroatoms. The van der Waals surface area contributed by atoms with Gasteiger partial charge in [0.25, 0.3) is 0 Å². The van der Waals surface area contributed by atoms with E-state index >= 15 is 0 Å². The van der Waals surface area contributed by atoms with Gasteiger partial charge in [-0.25, -0.2) is 4.98 Å². The van der Waals surface area contributed by atoms with Gasteiger partial charge in [-0.15, -0.1) is 11.3 Å². The van der Waals surface area contributed by atoms with Crippen LogP contribution in [0, 0.1) is 5.92 Å². The van der Waals surface area contributed by atoms with Gasteiger partial charge in [0.05, 0.1) is 18.2 Å². The number of aryl methyl sites for hydroxylation is 1. The summed E-state index contributed by atoms with van der Waals surface area (Å²) in [4.78, 5) is 16.7. The monoisotopic (exact) mass is 298 g/mol. The van der Waals surface area contributed by atoms with E-state index in [1.54, 1.807) is 11.3 Å². The smallest absolute Gasteiger partial charge is 0.232 e. The lowest BCUT2D eigenvalue weighted by Crippen LogP contribution is -2.25. The van der Waals surface area contributed by atoms with Gasteiger partial charge in [0, 0.05) is 5.38 Å². The van der Waals surface area contributed by atoms with E-state index in [1.807, 2.05) is 25.1 Å². The highest BCUT2D eigenvalue weighted by Crippen LogP contribution is 2.46. The third-order valence-electron chi connectivity index (χ3n) is 3.79. The molecule has 0 saturated heterocycles. The fourth-order valence-electron chi connectivity index (χ4n) is 2.53. The van der Waals surface area contributed by atoms with Crippen LogP contribution in [0.2, 0.25) is 0 Å². The summed E-state index contributed by atoms with van der Waals surface area (Å²) >= 11 is 1.61. The van der Waals surface area contributed by atoms with Crippen LogP contribution in [-0.4, -0.2) is 10.9 Å². The number of nitrogens with zero attached hydrogens (tertiary/aromatic N) is 1. The van der Waals surface area contributed by atoms with Crippen molar-refractivity contribution >= 4 is 22.8 Å². The van der Waals surface area contributed by atoms with Crippen molar-refractivity contribution in [2.45, 2.75) is 26.8 Å². The number of nitrogens with one attached hydrogen (secondary N) is 1. The zero-order valence-electron chi connectivity index (χ0n) is 12.2. The van der Waals surface area contributed by atoms with Crippen molar-refractivity contribution in [2.24, 2.45) is 5.92 Å². The van der Waals surface area contributed by atoms with Gasteiger partial charge < -0.3 is 5.32 Å². The van der Waals surface area contributed by atoms with E-state index < -0.39 is 0 Å². The Bertz CT molecular complexity index is 688. The lowest BCUT2D eigenvalue weighted by Gasteiger charge is -2.03. The van der Waals surface area contributed by atoms with Crippen LogP contribution in [0.5, 0.6) is 0 Å². The summed E-state index contributed by atoms with van der Waals surface area (Å²) in [7, 11) is 0. The van der Waals surface area contributed by atoms with Gasteiger partial charge in [-0.2, -0.15) is 0 Å². The molecule has 1 aromatic carbocycles. The van der Waals surface area contributed by atoms with Crippen molar-refractivity contribution < 1.29 is 4.79 Å². The SMILES string of the molecule is CCc1csc(CNC(=O)C2C(C)=C2c2ccccc2)n1. The van der Waals surface area contributed by atoms with Crippen LogP contribution in [0.4, 0.5) is 0 Å². The zero-order valence-corrected chi connectivity index (χ0v) is 13.0. The van der Waals surface area contributed by atoms with Gasteiger partial charge in [0.2, 0.25) is 5.91 Å². The number of aromatic nitrogens is 1. The first-order valence-electron chi connectivity index (χ1n) is 7.17. The topological polar surface area (TPSA) is 42.0 Å². The number of carbonyl (C=O) groups is 1. The molecule has 1 aliphatic rings. The fourth-order valence-corrected chi connectivity index (χ4v) is 3.34. The van der Waals surface area contributed by atoms with E-state index in [0.717, 1.165) is 22.7 Å². The highest BCUT2D eigenvalue weighted by Gasteiger charge is 2.39. The molecule has 0 aliphatic heterocycles. The highest BCUT2D eigenvalue weighted by molar-refractivity contribution is 7.09. The Morgan fingerprint density at radius 3 is 2.76 bits per heavy atom. The second kappa shape index (κ2) is 5.82. The van der Waals surface area contributed by atoms with E-state index in [-0.39, 0.29) is 11.8 Å². The maximum atomic E-state index is 12.3. The second-order valence-electron chi connectivity index (χ2n) is 5.20. The minimum absolute atomic E-state index is 0.0574. The van der Waals surface area contributed by atoms with Gasteiger partial charge in [-0.3, -0.25) is 4.79 Å². The number of thiazole rings is 1. The lowest BCUT2D eigenvalue weighted by molar-refractivity contribution is -0.121. The predicted octanol–water partition coefficient (Wildman–Crippen LogP) is 3.43. The molecule has 21 heavy (non-hydrogen) atoms. The van der Waals surface area contributed by atoms with Crippen LogP contribution >= 0.6 is 11.3 Å². The molecule has 1 aromatic heterocycles. The Hall–Kier alpha value is -1.94. The maximum Gasteiger partial charge on any atom is 0.232 e. The number of amides is 1. The van der Waals surface area contributed by atoms with E-state index in [2.05, 4.69) is 34.7 Å². The first-order chi connectivity index (χ1) is 10.2. The zero-order chi connectivity index (χ0) is 14.8. The molecule has 3 nitrogen and oxygen atoms in total. The van der Waals surface area contributed by atoms with Gasteiger partial charge >= 0.3 is 0 Å². The van der Waals surface area contributed by atoms with Crippen molar-refractivity contribution in [3.8, 4) is 0 Å². The van der Waals surface area contributed by atoms with Crippen LogP contribution in [0.15, 0.2) is 41.3 Å². The van der Waals surface area contributed by atoms with Gasteiger partial charge in [0.15, 0.2) is 0 Å². The molecule has 1 aliphatic carbocycles. The van der Waals surface area contributed by atoms with Crippen molar-refractivity contribution in [1.29, 1.82) is 0 Å². The predicted molar refractivity (Wildman–Crippen MR) is 85.9 cm³/mol. The normalized spacial score (nSPS) is 17.0. The Kier molecular flexibility index (Phi) is 3.88. The second-order valence-corrected chi connectivity index (χ2v) is 6.14. The van der Waals surface area contributed by atoms with Crippen molar-refractivity contribution in [1.82, 2.24) is 10.3 Å². The van der Waals surface area contributed by atoms with Crippen LogP contribution in [0.3, 0.4) is 0 Å². The van der Waals surface area contributed by atoms with Gasteiger partial charge in [-0.1, -0.05) is 42.8 Å². The molecule has 1 heterocycles. The summed E-state index contributed by atoms with van der Waals surface area (Å²) in [5, 5.41) is 6.02. The van der Waals surface area contributed by atoms with Gasteiger partial charge in [0.1, 0.15) is 5.01 Å². The molecule has 108 valence electrons. The summed E-state index contributed by atoms with van der Waals surface area (Å²) in [6.45, 7) is 4.64. The van der Waals surface area contributed by atoms with Crippen LogP contribution in [0.1, 0.15) is 30.1 Å². The molecule has 0 radical (unpaired) electrons. The van der Waals surface area contributed by atoms with E-state index in [4.69, 9.17) is 0 Å². The third kappa shape index (κ3) is 2.90. The molecule has 1 unspecified atom stereocenters. The Morgan fingerprint density at radius 1 is 1.33 bits per heavy atom. The maximum absolute atomic E-state index is 12.3. The number of carbonyl (C=O) groups excluding carboxylic acids is 1. The number of hydrogen-bond donors (Lipinski definition) is 1. The summed E-state index contributed by atoms with van der Waals surface area (Å²) in [5.41, 5.74) is 4.58. The molecule has 0 fully saturated rings. The van der Waals surface area contributed by atoms with E-state index in [0.29, 0.717) is 6.54 Å². The first kappa shape index (κ1) is 14.0. The van der Waals surface area contributed by atoms with Gasteiger partial charge in [-0.05, 0) is 24.5 Å². The largest absolute Gasteiger partial charge is 0.349 e. The van der Waals surface area contributed by atoms with Crippen LogP contribution in [-0.2, 0) is 17.8 Å². The molecular weight excluding hydrogens is 280 g/mol. The highest BCUT2D eigenvalue weighted by atomic mass is 32.1. The minimum atomic E-state index is -0.0574. The Morgan fingerprint density at radius 2 is 2.10 bits per heavy atom. The summed E-state index contributed by atoms with van der Waals surface area (Å²) in [6.07, 6.45) is 0.936. The Balaban J connectivity index is 1.58. The van der Waals surface area contributed by atoms with E-state index in [1.165, 1.54) is 11.1 Å². The standard InChI is InChI=1S/C17H18N2OS/c1-3-13-10-21-14(19-13)9-18-17(20)16-11(2)15(16)12-7-5-4-6-8-12/h4-8,10,16H,3,9H2,1-2H3,(H,18,20). The molecule has 0 spiro atoms. The van der Waals surface area contributed by atoms with Crippen LogP contribution < -0.4 is 5.32 Å². The van der Waals surface area contributed by atoms with E-state index in [9.17, 15) is 4.79 Å². The quantitative estimate of drug-likeness (QED) is 0.919. The summed E-state index contributed by atoms with van der Waals surface area (Å²) < 4.78 is 0. The molecule has 1 N–H and O–H groups in total. The Labute approximate surface area is 128 Å².